The number of aryl methyl sites for hydroxylation is 1. The van der Waals surface area contributed by atoms with Crippen LogP contribution in [0, 0.1) is 0 Å². The fourth-order valence-electron chi connectivity index (χ4n) is 2.84. The predicted molar refractivity (Wildman–Crippen MR) is 124 cm³/mol. The van der Waals surface area contributed by atoms with Gasteiger partial charge in [-0.1, -0.05) is 18.2 Å². The molecule has 2 heterocycles. The van der Waals surface area contributed by atoms with Crippen LogP contribution in [0.15, 0.2) is 54.7 Å². The van der Waals surface area contributed by atoms with Gasteiger partial charge < -0.3 is 14.2 Å². The highest BCUT2D eigenvalue weighted by atomic mass is 16.5. The molecule has 0 unspecified atom stereocenters. The van der Waals surface area contributed by atoms with E-state index in [1.54, 1.807) is 7.11 Å². The van der Waals surface area contributed by atoms with Crippen molar-refractivity contribution in [3.05, 3.63) is 66.1 Å². The summed E-state index contributed by atoms with van der Waals surface area (Å²) in [5, 5.41) is 4.15. The molecule has 1 aromatic carbocycles. The molecule has 0 saturated heterocycles. The lowest BCUT2D eigenvalue weighted by Gasteiger charge is -2.10. The molecule has 6 heteroatoms. The number of para-hydroxylation sites is 1. The molecule has 0 N–H and O–H groups in total. The van der Waals surface area contributed by atoms with Crippen LogP contribution in [0.5, 0.6) is 5.75 Å². The summed E-state index contributed by atoms with van der Waals surface area (Å²) in [6.07, 6.45) is 2.30. The third kappa shape index (κ3) is 8.15. The van der Waals surface area contributed by atoms with E-state index >= 15 is 0 Å². The van der Waals surface area contributed by atoms with E-state index in [0.29, 0.717) is 13.2 Å². The first-order valence-electron chi connectivity index (χ1n) is 10.8. The largest absolute Gasteiger partial charge is 0.496 e. The minimum atomic E-state index is 0.205. The average molecular weight is 426 g/mol. The molecule has 0 radical (unpaired) electrons. The highest BCUT2D eigenvalue weighted by Crippen LogP contribution is 2.28. The van der Waals surface area contributed by atoms with Crippen LogP contribution < -0.4 is 4.74 Å². The van der Waals surface area contributed by atoms with Crippen molar-refractivity contribution >= 4 is 0 Å². The Morgan fingerprint density at radius 3 is 2.26 bits per heavy atom. The molecule has 2 aromatic heterocycles. The van der Waals surface area contributed by atoms with Gasteiger partial charge in [-0.05, 0) is 65.0 Å². The Morgan fingerprint density at radius 1 is 0.871 bits per heavy atom. The zero-order valence-electron chi connectivity index (χ0n) is 19.5. The van der Waals surface area contributed by atoms with E-state index in [1.807, 2.05) is 87.1 Å². The van der Waals surface area contributed by atoms with Gasteiger partial charge in [0.15, 0.2) is 0 Å². The van der Waals surface area contributed by atoms with Crippen LogP contribution in [0.1, 0.15) is 46.0 Å². The molecule has 3 aromatic rings. The van der Waals surface area contributed by atoms with Crippen molar-refractivity contribution in [2.75, 3.05) is 7.11 Å². The topological polar surface area (TPSA) is 58.4 Å². The van der Waals surface area contributed by atoms with Crippen LogP contribution in [-0.2, 0) is 29.2 Å². The maximum Gasteiger partial charge on any atom is 0.128 e. The third-order valence-electron chi connectivity index (χ3n) is 4.42. The third-order valence-corrected chi connectivity index (χ3v) is 4.42. The fourth-order valence-corrected chi connectivity index (χ4v) is 2.84. The van der Waals surface area contributed by atoms with Crippen molar-refractivity contribution in [2.24, 2.45) is 0 Å². The molecule has 31 heavy (non-hydrogen) atoms. The minimum Gasteiger partial charge on any atom is -0.496 e. The number of hydrogen-bond acceptors (Lipinski definition) is 5. The zero-order chi connectivity index (χ0) is 22.6. The van der Waals surface area contributed by atoms with Crippen molar-refractivity contribution in [1.29, 1.82) is 0 Å². The van der Waals surface area contributed by atoms with Crippen LogP contribution in [0.4, 0.5) is 0 Å². The SMILES string of the molecule is CCn1nccc1COC(C)C.COc1ccccc1-c1cccc(COC(C)C)n1. The number of ether oxygens (including phenoxy) is 3. The summed E-state index contributed by atoms with van der Waals surface area (Å²) >= 11 is 0. The molecule has 0 bridgehead atoms. The molecule has 0 aliphatic rings. The Morgan fingerprint density at radius 2 is 1.58 bits per heavy atom. The molecule has 6 nitrogen and oxygen atoms in total. The van der Waals surface area contributed by atoms with Crippen molar-refractivity contribution in [1.82, 2.24) is 14.8 Å². The molecule has 0 amide bonds. The first kappa shape index (κ1) is 24.6. The van der Waals surface area contributed by atoms with Gasteiger partial charge in [-0.3, -0.25) is 9.67 Å². The fraction of sp³-hybridized carbons (Fsp3) is 0.440. The van der Waals surface area contributed by atoms with Crippen molar-refractivity contribution < 1.29 is 14.2 Å². The van der Waals surface area contributed by atoms with Gasteiger partial charge in [0.25, 0.3) is 0 Å². The molecule has 3 rings (SSSR count). The molecule has 0 aliphatic heterocycles. The minimum absolute atomic E-state index is 0.205. The lowest BCUT2D eigenvalue weighted by Crippen LogP contribution is -2.08. The van der Waals surface area contributed by atoms with Gasteiger partial charge in [-0.15, -0.1) is 0 Å². The van der Waals surface area contributed by atoms with Gasteiger partial charge in [0.2, 0.25) is 0 Å². The first-order valence-corrected chi connectivity index (χ1v) is 10.8. The van der Waals surface area contributed by atoms with E-state index in [0.717, 1.165) is 34.9 Å². The molecular formula is C25H35N3O3. The second-order valence-corrected chi connectivity index (χ2v) is 7.57. The first-order chi connectivity index (χ1) is 14.9. The van der Waals surface area contributed by atoms with Gasteiger partial charge in [-0.25, -0.2) is 0 Å². The number of hydrogen-bond donors (Lipinski definition) is 0. The second kappa shape index (κ2) is 12.9. The van der Waals surface area contributed by atoms with Crippen LogP contribution >= 0.6 is 0 Å². The maximum atomic E-state index is 5.58. The smallest absolute Gasteiger partial charge is 0.128 e. The zero-order valence-corrected chi connectivity index (χ0v) is 19.5. The van der Waals surface area contributed by atoms with E-state index in [4.69, 9.17) is 14.2 Å². The number of aromatic nitrogens is 3. The molecule has 0 atom stereocenters. The number of pyridine rings is 1. The van der Waals surface area contributed by atoms with E-state index in [9.17, 15) is 0 Å². The number of methoxy groups -OCH3 is 1. The highest BCUT2D eigenvalue weighted by Gasteiger charge is 2.07. The van der Waals surface area contributed by atoms with Gasteiger partial charge in [0, 0.05) is 18.3 Å². The molecular weight excluding hydrogens is 390 g/mol. The normalized spacial score (nSPS) is 10.8. The average Bonchev–Trinajstić information content (AvgIpc) is 3.24. The van der Waals surface area contributed by atoms with Crippen LogP contribution in [0.25, 0.3) is 11.3 Å². The van der Waals surface area contributed by atoms with Crippen LogP contribution in [0.3, 0.4) is 0 Å². The summed E-state index contributed by atoms with van der Waals surface area (Å²) in [6.45, 7) is 12.3. The van der Waals surface area contributed by atoms with Crippen LogP contribution in [-0.4, -0.2) is 34.1 Å². The van der Waals surface area contributed by atoms with E-state index in [2.05, 4.69) is 17.0 Å². The Hall–Kier alpha value is -2.70. The summed E-state index contributed by atoms with van der Waals surface area (Å²) in [5.74, 6) is 0.830. The van der Waals surface area contributed by atoms with Gasteiger partial charge in [0.1, 0.15) is 5.75 Å². The Labute approximate surface area is 186 Å². The quantitative estimate of drug-likeness (QED) is 0.452. The second-order valence-electron chi connectivity index (χ2n) is 7.57. The number of rotatable bonds is 9. The number of benzene rings is 1. The molecule has 0 fully saturated rings. The van der Waals surface area contributed by atoms with Crippen LogP contribution in [0.2, 0.25) is 0 Å². The van der Waals surface area contributed by atoms with E-state index < -0.39 is 0 Å². The van der Waals surface area contributed by atoms with Crippen molar-refractivity contribution in [3.8, 4) is 17.0 Å². The van der Waals surface area contributed by atoms with E-state index in [-0.39, 0.29) is 12.2 Å². The summed E-state index contributed by atoms with van der Waals surface area (Å²) in [7, 11) is 1.67. The van der Waals surface area contributed by atoms with Gasteiger partial charge >= 0.3 is 0 Å². The Kier molecular flexibility index (Phi) is 10.2. The highest BCUT2D eigenvalue weighted by molar-refractivity contribution is 5.67. The van der Waals surface area contributed by atoms with Crippen molar-refractivity contribution in [2.45, 2.75) is 66.6 Å². The molecule has 0 aliphatic carbocycles. The van der Waals surface area contributed by atoms with E-state index in [1.165, 1.54) is 0 Å². The number of nitrogens with zero attached hydrogens (tertiary/aromatic N) is 3. The lowest BCUT2D eigenvalue weighted by molar-refractivity contribution is 0.0612. The molecule has 168 valence electrons. The maximum absolute atomic E-state index is 5.58. The van der Waals surface area contributed by atoms with Crippen molar-refractivity contribution in [3.63, 3.8) is 0 Å². The summed E-state index contributed by atoms with van der Waals surface area (Å²) in [5.41, 5.74) is 3.97. The Bertz CT molecular complexity index is 906. The monoisotopic (exact) mass is 425 g/mol. The lowest BCUT2D eigenvalue weighted by atomic mass is 10.1. The summed E-state index contributed by atoms with van der Waals surface area (Å²) in [4.78, 5) is 4.62. The summed E-state index contributed by atoms with van der Waals surface area (Å²) < 4.78 is 18.4. The molecule has 0 spiro atoms. The van der Waals surface area contributed by atoms with Gasteiger partial charge in [-0.2, -0.15) is 5.10 Å². The van der Waals surface area contributed by atoms with Gasteiger partial charge in [0.05, 0.1) is 49.6 Å². The summed E-state index contributed by atoms with van der Waals surface area (Å²) in [6, 6.07) is 15.8. The Balaban J connectivity index is 0.000000245. The molecule has 0 saturated carbocycles. The standard InChI is InChI=1S/C16H19NO2.C9H16N2O/c1-12(2)19-11-13-7-6-9-15(17-13)14-8-4-5-10-16(14)18-3;1-4-11-9(5-6-10-11)7-12-8(2)3/h4-10,12H,11H2,1-3H3;5-6,8H,4,7H2,1-3H3. The predicted octanol–water partition coefficient (Wildman–Crippen LogP) is 5.51.